The minimum atomic E-state index is -1.88. The SMILES string of the molecule is CC1(NC(=O)C2(F)CCN(c3nccc(-c4ccc(OCCF)cc4)n3)CC2)CCN2CCC1CC2.COCCOc1ccc(-c2ccc(C(C)(C)CC(=O)OC3CN4CCC3CC4)cc2)cc1.O=C(NC1CN2CCC1CC2)C1(F)CCN(c2nccc(-c3ccc(OCCF)cc3)n2)CC1. The minimum Gasteiger partial charge on any atom is -0.491 e. The first-order valence-corrected chi connectivity index (χ1v) is 36.8. The van der Waals surface area contributed by atoms with E-state index in [0.717, 1.165) is 149 Å². The van der Waals surface area contributed by atoms with Crippen molar-refractivity contribution in [2.45, 2.75) is 132 Å². The van der Waals surface area contributed by atoms with Gasteiger partial charge in [-0.1, -0.05) is 50.2 Å². The lowest BCUT2D eigenvalue weighted by atomic mass is 9.78. The topological polar surface area (TPSA) is 189 Å². The van der Waals surface area contributed by atoms with Crippen molar-refractivity contribution >= 4 is 29.7 Å². The molecule has 6 bridgehead atoms. The molecule has 11 aliphatic rings. The van der Waals surface area contributed by atoms with E-state index in [9.17, 15) is 23.2 Å². The van der Waals surface area contributed by atoms with E-state index in [0.29, 0.717) is 87.0 Å². The van der Waals surface area contributed by atoms with Crippen LogP contribution in [0.15, 0.2) is 122 Å². The van der Waals surface area contributed by atoms with Crippen LogP contribution in [-0.4, -0.2) is 213 Å². The fraction of sp³-hybridized carbons (Fsp3) is 0.557. The van der Waals surface area contributed by atoms with Crippen LogP contribution in [0.4, 0.5) is 29.5 Å². The first kappa shape index (κ1) is 73.8. The van der Waals surface area contributed by atoms with Crippen LogP contribution < -0.4 is 34.6 Å². The summed E-state index contributed by atoms with van der Waals surface area (Å²) in [6, 6.07) is 34.8. The third-order valence-corrected chi connectivity index (χ3v) is 22.5. The van der Waals surface area contributed by atoms with Gasteiger partial charge in [0, 0.05) is 119 Å². The summed E-state index contributed by atoms with van der Waals surface area (Å²) in [6.07, 6.45) is 11.8. The molecule has 3 unspecified atom stereocenters. The maximum absolute atomic E-state index is 15.9. The summed E-state index contributed by atoms with van der Waals surface area (Å²) in [7, 11) is 1.67. The van der Waals surface area contributed by atoms with Crippen molar-refractivity contribution in [3.05, 3.63) is 127 Å². The predicted octanol–water partition coefficient (Wildman–Crippen LogP) is 11.5. The highest BCUT2D eigenvalue weighted by Gasteiger charge is 2.49. The number of ether oxygens (including phenoxy) is 5. The molecule has 23 heteroatoms. The number of anilines is 2. The summed E-state index contributed by atoms with van der Waals surface area (Å²) in [5, 5.41) is 6.18. The second-order valence-electron chi connectivity index (χ2n) is 29.6. The predicted molar refractivity (Wildman–Crippen MR) is 386 cm³/mol. The Morgan fingerprint density at radius 3 is 1.43 bits per heavy atom. The maximum atomic E-state index is 15.9. The van der Waals surface area contributed by atoms with Crippen LogP contribution in [-0.2, 0) is 29.3 Å². The van der Waals surface area contributed by atoms with Crippen LogP contribution in [0.3, 0.4) is 0 Å². The fourth-order valence-corrected chi connectivity index (χ4v) is 15.8. The molecule has 0 saturated carbocycles. The van der Waals surface area contributed by atoms with Crippen molar-refractivity contribution in [2.75, 3.05) is 142 Å². The molecule has 0 radical (unpaired) electrons. The molecule has 11 saturated heterocycles. The number of amides is 2. The Balaban J connectivity index is 0.000000145. The zero-order chi connectivity index (χ0) is 71.3. The molecule has 102 heavy (non-hydrogen) atoms. The molecule has 2 N–H and O–H groups in total. The molecule has 548 valence electrons. The van der Waals surface area contributed by atoms with E-state index in [1.54, 1.807) is 43.8 Å². The van der Waals surface area contributed by atoms with Gasteiger partial charge in [0.05, 0.1) is 24.4 Å². The van der Waals surface area contributed by atoms with Gasteiger partial charge < -0.3 is 53.9 Å². The molecule has 17 rings (SSSR count). The number of nitrogens with zero attached hydrogens (tertiary/aromatic N) is 9. The molecule has 4 aromatic carbocycles. The quantitative estimate of drug-likeness (QED) is 0.0350. The van der Waals surface area contributed by atoms with Crippen LogP contribution in [0.2, 0.25) is 0 Å². The summed E-state index contributed by atoms with van der Waals surface area (Å²) in [4.78, 5) is 68.0. The van der Waals surface area contributed by atoms with Gasteiger partial charge in [0.1, 0.15) is 56.5 Å². The smallest absolute Gasteiger partial charge is 0.306 e. The van der Waals surface area contributed by atoms with Crippen molar-refractivity contribution in [2.24, 2.45) is 17.8 Å². The molecule has 3 atom stereocenters. The molecule has 0 aliphatic carbocycles. The van der Waals surface area contributed by atoms with Gasteiger partial charge in [-0.3, -0.25) is 19.3 Å². The molecule has 13 heterocycles. The number of benzene rings is 4. The van der Waals surface area contributed by atoms with Gasteiger partial charge >= 0.3 is 5.97 Å². The number of piperidine rings is 9. The van der Waals surface area contributed by atoms with Crippen LogP contribution in [0.25, 0.3) is 33.6 Å². The monoisotopic (exact) mass is 1410 g/mol. The van der Waals surface area contributed by atoms with E-state index in [1.165, 1.54) is 0 Å². The molecule has 11 fully saturated rings. The van der Waals surface area contributed by atoms with Crippen LogP contribution >= 0.6 is 0 Å². The number of nitrogens with one attached hydrogen (secondary N) is 2. The average Bonchev–Trinajstić information content (AvgIpc) is 1.28. The van der Waals surface area contributed by atoms with E-state index in [1.807, 2.05) is 58.3 Å². The van der Waals surface area contributed by atoms with Gasteiger partial charge in [0.15, 0.2) is 11.3 Å². The molecule has 6 aromatic rings. The lowest BCUT2D eigenvalue weighted by Crippen LogP contribution is -2.61. The number of carbonyl (C=O) groups is 3. The van der Waals surface area contributed by atoms with Crippen LogP contribution in [0.5, 0.6) is 17.2 Å². The summed E-state index contributed by atoms with van der Waals surface area (Å²) >= 11 is 0. The Bertz CT molecular complexity index is 3690. The van der Waals surface area contributed by atoms with Crippen molar-refractivity contribution in [3.63, 3.8) is 0 Å². The summed E-state index contributed by atoms with van der Waals surface area (Å²) in [6.45, 7) is 17.3. The van der Waals surface area contributed by atoms with Crippen molar-refractivity contribution in [3.8, 4) is 50.9 Å². The van der Waals surface area contributed by atoms with Gasteiger partial charge in [-0.15, -0.1) is 0 Å². The number of carbonyl (C=O) groups excluding carboxylic acids is 3. The lowest BCUT2D eigenvalue weighted by molar-refractivity contribution is -0.160. The largest absolute Gasteiger partial charge is 0.491 e. The fourth-order valence-electron chi connectivity index (χ4n) is 15.8. The standard InChI is InChI=1S/C27H35F2N5O2.C27H35NO4.C25H31F2N5O2/c1-26(9-16-33-14-7-21(26)8-15-33)32-24(35)27(29)10-17-34(18-11-27)25-30-13-6-23(31-25)20-2-4-22(5-3-20)36-19-12-28;1-27(2,18-26(29)32-25-19-28-14-12-22(25)13-15-28)23-8-4-20(5-9-23)21-6-10-24(11-7-21)31-17-16-30-3;26-10-16-34-20-3-1-18(2-4-20)21-5-11-28-24(30-21)32-14-8-25(27,9-15-32)23(33)29-22-17-31-12-6-19(22)7-13-31/h2-6,13,21H,7-12,14-19H2,1H3,(H,32,35);4-11,22,25H,12-19H2,1-3H3;1-5,11,19,22H,6-10,12-17H2,(H,29,33). The van der Waals surface area contributed by atoms with Crippen LogP contribution in [0.1, 0.15) is 103 Å². The van der Waals surface area contributed by atoms with E-state index >= 15 is 8.78 Å². The molecule has 2 aromatic heterocycles. The number of methoxy groups -OCH3 is 1. The van der Waals surface area contributed by atoms with Crippen molar-refractivity contribution in [1.29, 1.82) is 0 Å². The second-order valence-corrected chi connectivity index (χ2v) is 29.6. The zero-order valence-corrected chi connectivity index (χ0v) is 59.7. The molecule has 0 spiro atoms. The van der Waals surface area contributed by atoms with Gasteiger partial charge in [0.25, 0.3) is 11.8 Å². The number of aromatic nitrogens is 4. The van der Waals surface area contributed by atoms with Gasteiger partial charge in [-0.2, -0.15) is 0 Å². The third kappa shape index (κ3) is 18.5. The highest BCUT2D eigenvalue weighted by atomic mass is 19.2. The number of fused-ring (bicyclic) bond motifs is 10. The Morgan fingerprint density at radius 1 is 0.520 bits per heavy atom. The highest BCUT2D eigenvalue weighted by Crippen LogP contribution is 2.40. The number of esters is 1. The molecule has 2 amide bonds. The summed E-state index contributed by atoms with van der Waals surface area (Å²) in [5.41, 5.74) is 2.30. The molecule has 11 aliphatic heterocycles. The number of hydrogen-bond donors (Lipinski definition) is 2. The summed E-state index contributed by atoms with van der Waals surface area (Å²) < 4.78 is 83.2. The Hall–Kier alpha value is -7.99. The molecule has 19 nitrogen and oxygen atoms in total. The van der Waals surface area contributed by atoms with E-state index in [-0.39, 0.29) is 68.0 Å². The van der Waals surface area contributed by atoms with Gasteiger partial charge in [0.2, 0.25) is 11.9 Å². The van der Waals surface area contributed by atoms with Gasteiger partial charge in [-0.25, -0.2) is 37.5 Å². The normalized spacial score (nSPS) is 25.3. The lowest BCUT2D eigenvalue weighted by Gasteiger charge is -2.46. The number of rotatable bonds is 23. The number of halogens is 4. The second kappa shape index (κ2) is 33.6. The number of hydrogen-bond acceptors (Lipinski definition) is 17. The van der Waals surface area contributed by atoms with Crippen molar-refractivity contribution < 1.29 is 55.6 Å². The van der Waals surface area contributed by atoms with Crippen molar-refractivity contribution in [1.82, 2.24) is 45.3 Å². The van der Waals surface area contributed by atoms with Gasteiger partial charge in [-0.05, 0) is 198 Å². The van der Waals surface area contributed by atoms with E-state index in [2.05, 4.69) is 102 Å². The Kier molecular flexibility index (Phi) is 24.3. The zero-order valence-electron chi connectivity index (χ0n) is 59.7. The number of alkyl halides is 4. The first-order chi connectivity index (χ1) is 49.4. The Labute approximate surface area is 597 Å². The summed E-state index contributed by atoms with van der Waals surface area (Å²) in [5.74, 6) is 3.50. The Morgan fingerprint density at radius 2 is 0.971 bits per heavy atom. The van der Waals surface area contributed by atoms with Crippen LogP contribution in [0, 0.1) is 17.8 Å². The van der Waals surface area contributed by atoms with E-state index < -0.39 is 36.5 Å². The average molecular weight is 1410 g/mol. The van der Waals surface area contributed by atoms with E-state index in [4.69, 9.17) is 23.7 Å². The first-order valence-electron chi connectivity index (χ1n) is 36.8. The molecular weight excluding hydrogens is 1310 g/mol. The maximum Gasteiger partial charge on any atom is 0.306 e. The minimum absolute atomic E-state index is 0.0263. The third-order valence-electron chi connectivity index (χ3n) is 22.5. The highest BCUT2D eigenvalue weighted by molar-refractivity contribution is 5.86. The molecular formula is C79H101F4N11O8.